The molecule has 0 fully saturated rings. The molecule has 5 nitrogen and oxygen atoms in total. The first-order chi connectivity index (χ1) is 12.2. The van der Waals surface area contributed by atoms with E-state index in [-0.39, 0.29) is 5.69 Å². The van der Waals surface area contributed by atoms with E-state index in [4.69, 9.17) is 4.42 Å². The summed E-state index contributed by atoms with van der Waals surface area (Å²) in [5.74, 6) is -0.0650. The van der Waals surface area contributed by atoms with Crippen LogP contribution in [0.3, 0.4) is 0 Å². The number of rotatable bonds is 4. The molecule has 0 aliphatic carbocycles. The third-order valence-electron chi connectivity index (χ3n) is 3.76. The van der Waals surface area contributed by atoms with Crippen LogP contribution in [0.25, 0.3) is 11.1 Å². The van der Waals surface area contributed by atoms with Crippen molar-refractivity contribution in [3.8, 4) is 0 Å². The molecule has 0 saturated heterocycles. The highest BCUT2D eigenvalue weighted by molar-refractivity contribution is 5.97. The Hall–Kier alpha value is -3.03. The number of alkyl halides is 3. The molecule has 0 unspecified atom stereocenters. The molecule has 136 valence electrons. The van der Waals surface area contributed by atoms with Crippen molar-refractivity contribution < 1.29 is 22.4 Å². The standard InChI is InChI=1S/C18H16F3N3O2/c1-10(22-12-7-8-16-15(9-12)23-11(2)26-16)17(25)24-14-6-4-3-5-13(14)18(19,20)21/h3-10,22H,1-2H3,(H,24,25)/t10-/m1/s1. The van der Waals surface area contributed by atoms with Gasteiger partial charge in [-0.3, -0.25) is 4.79 Å². The van der Waals surface area contributed by atoms with E-state index in [1.54, 1.807) is 32.0 Å². The minimum atomic E-state index is -4.55. The van der Waals surface area contributed by atoms with Gasteiger partial charge in [0.1, 0.15) is 11.6 Å². The van der Waals surface area contributed by atoms with Crippen molar-refractivity contribution in [1.29, 1.82) is 0 Å². The number of anilines is 2. The molecule has 0 saturated carbocycles. The number of fused-ring (bicyclic) bond motifs is 1. The molecular weight excluding hydrogens is 347 g/mol. The summed E-state index contributed by atoms with van der Waals surface area (Å²) >= 11 is 0. The van der Waals surface area contributed by atoms with Crippen LogP contribution < -0.4 is 10.6 Å². The van der Waals surface area contributed by atoms with Crippen LogP contribution >= 0.6 is 0 Å². The van der Waals surface area contributed by atoms with Gasteiger partial charge in [0.15, 0.2) is 11.5 Å². The lowest BCUT2D eigenvalue weighted by Crippen LogP contribution is -2.32. The number of nitrogens with zero attached hydrogens (tertiary/aromatic N) is 1. The number of oxazole rings is 1. The smallest absolute Gasteiger partial charge is 0.418 e. The second kappa shape index (κ2) is 6.70. The van der Waals surface area contributed by atoms with Gasteiger partial charge in [-0.1, -0.05) is 12.1 Å². The average Bonchev–Trinajstić information content (AvgIpc) is 2.93. The van der Waals surface area contributed by atoms with Crippen LogP contribution in [-0.4, -0.2) is 16.9 Å². The fraction of sp³-hybridized carbons (Fsp3) is 0.222. The normalized spacial score (nSPS) is 12.8. The quantitative estimate of drug-likeness (QED) is 0.711. The number of para-hydroxylation sites is 1. The lowest BCUT2D eigenvalue weighted by molar-refractivity contribution is -0.137. The van der Waals surface area contributed by atoms with Crippen LogP contribution in [0.5, 0.6) is 0 Å². The average molecular weight is 363 g/mol. The molecule has 2 aromatic carbocycles. The molecule has 3 rings (SSSR count). The Balaban J connectivity index is 1.73. The fourth-order valence-electron chi connectivity index (χ4n) is 2.53. The summed E-state index contributed by atoms with van der Waals surface area (Å²) in [6, 6.07) is 9.22. The summed E-state index contributed by atoms with van der Waals surface area (Å²) in [5, 5.41) is 5.27. The molecule has 0 bridgehead atoms. The Bertz CT molecular complexity index is 950. The molecule has 2 N–H and O–H groups in total. The first kappa shape index (κ1) is 17.8. The summed E-state index contributed by atoms with van der Waals surface area (Å²) in [6.07, 6.45) is -4.55. The van der Waals surface area contributed by atoms with Gasteiger partial charge in [-0.25, -0.2) is 4.98 Å². The molecule has 26 heavy (non-hydrogen) atoms. The number of carbonyl (C=O) groups is 1. The molecule has 1 amide bonds. The molecule has 0 aliphatic rings. The SMILES string of the molecule is Cc1nc2cc(N[C@H](C)C(=O)Nc3ccccc3C(F)(F)F)ccc2o1. The number of hydrogen-bond acceptors (Lipinski definition) is 4. The zero-order chi connectivity index (χ0) is 18.9. The van der Waals surface area contributed by atoms with Crippen LogP contribution in [-0.2, 0) is 11.0 Å². The Morgan fingerprint density at radius 2 is 1.92 bits per heavy atom. The highest BCUT2D eigenvalue weighted by atomic mass is 19.4. The summed E-state index contributed by atoms with van der Waals surface area (Å²) < 4.78 is 44.4. The maximum absolute atomic E-state index is 13.0. The Morgan fingerprint density at radius 1 is 1.19 bits per heavy atom. The summed E-state index contributed by atoms with van der Waals surface area (Å²) in [5.41, 5.74) is 0.686. The highest BCUT2D eigenvalue weighted by Gasteiger charge is 2.33. The van der Waals surface area contributed by atoms with Gasteiger partial charge in [0.25, 0.3) is 0 Å². The van der Waals surface area contributed by atoms with Crippen molar-refractivity contribution in [2.45, 2.75) is 26.1 Å². The van der Waals surface area contributed by atoms with E-state index in [0.717, 1.165) is 6.07 Å². The first-order valence-electron chi connectivity index (χ1n) is 7.85. The number of hydrogen-bond donors (Lipinski definition) is 2. The van der Waals surface area contributed by atoms with E-state index in [0.29, 0.717) is 22.7 Å². The maximum Gasteiger partial charge on any atom is 0.418 e. The molecule has 0 aliphatic heterocycles. The van der Waals surface area contributed by atoms with Crippen LogP contribution in [0.15, 0.2) is 46.9 Å². The van der Waals surface area contributed by atoms with E-state index < -0.39 is 23.7 Å². The van der Waals surface area contributed by atoms with Crippen molar-refractivity contribution in [2.75, 3.05) is 10.6 Å². The topological polar surface area (TPSA) is 67.2 Å². The van der Waals surface area contributed by atoms with Gasteiger partial charge in [-0.15, -0.1) is 0 Å². The molecule has 1 heterocycles. The second-order valence-electron chi connectivity index (χ2n) is 5.81. The van der Waals surface area contributed by atoms with E-state index in [1.807, 2.05) is 0 Å². The van der Waals surface area contributed by atoms with E-state index in [1.165, 1.54) is 18.2 Å². The number of halogens is 3. The van der Waals surface area contributed by atoms with Crippen molar-refractivity contribution in [1.82, 2.24) is 4.98 Å². The van der Waals surface area contributed by atoms with Gasteiger partial charge >= 0.3 is 6.18 Å². The molecule has 0 spiro atoms. The number of aryl methyl sites for hydroxylation is 1. The first-order valence-corrected chi connectivity index (χ1v) is 7.85. The lowest BCUT2D eigenvalue weighted by atomic mass is 10.1. The summed E-state index contributed by atoms with van der Waals surface area (Å²) in [4.78, 5) is 16.5. The van der Waals surface area contributed by atoms with Gasteiger partial charge < -0.3 is 15.1 Å². The van der Waals surface area contributed by atoms with Gasteiger partial charge in [0, 0.05) is 12.6 Å². The lowest BCUT2D eigenvalue weighted by Gasteiger charge is -2.18. The van der Waals surface area contributed by atoms with E-state index in [2.05, 4.69) is 15.6 Å². The predicted molar refractivity (Wildman–Crippen MR) is 91.9 cm³/mol. The number of carbonyl (C=O) groups excluding carboxylic acids is 1. The van der Waals surface area contributed by atoms with Gasteiger partial charge in [-0.05, 0) is 37.3 Å². The van der Waals surface area contributed by atoms with Crippen molar-refractivity contribution in [3.63, 3.8) is 0 Å². The summed E-state index contributed by atoms with van der Waals surface area (Å²) in [6.45, 7) is 3.28. The molecule has 1 aromatic heterocycles. The second-order valence-corrected chi connectivity index (χ2v) is 5.81. The zero-order valence-corrected chi connectivity index (χ0v) is 14.0. The third kappa shape index (κ3) is 3.79. The predicted octanol–water partition coefficient (Wildman–Crippen LogP) is 4.59. The molecule has 8 heteroatoms. The van der Waals surface area contributed by atoms with Crippen molar-refractivity contribution >= 4 is 28.4 Å². The largest absolute Gasteiger partial charge is 0.441 e. The van der Waals surface area contributed by atoms with E-state index in [9.17, 15) is 18.0 Å². The molecule has 1 atom stereocenters. The van der Waals surface area contributed by atoms with Crippen molar-refractivity contribution in [2.24, 2.45) is 0 Å². The number of nitrogens with one attached hydrogen (secondary N) is 2. The van der Waals surface area contributed by atoms with Gasteiger partial charge in [-0.2, -0.15) is 13.2 Å². The van der Waals surface area contributed by atoms with Crippen LogP contribution in [0.1, 0.15) is 18.4 Å². The summed E-state index contributed by atoms with van der Waals surface area (Å²) in [7, 11) is 0. The van der Waals surface area contributed by atoms with Crippen LogP contribution in [0.4, 0.5) is 24.5 Å². The van der Waals surface area contributed by atoms with Crippen LogP contribution in [0, 0.1) is 6.92 Å². The number of aromatic nitrogens is 1. The molecule has 0 radical (unpaired) electrons. The number of amides is 1. The molecular formula is C18H16F3N3O2. The van der Waals surface area contributed by atoms with Gasteiger partial charge in [0.2, 0.25) is 5.91 Å². The van der Waals surface area contributed by atoms with Crippen LogP contribution in [0.2, 0.25) is 0 Å². The minimum absolute atomic E-state index is 0.277. The fourth-order valence-corrected chi connectivity index (χ4v) is 2.53. The van der Waals surface area contributed by atoms with Crippen molar-refractivity contribution in [3.05, 3.63) is 53.9 Å². The Labute approximate surface area is 147 Å². The molecule has 3 aromatic rings. The van der Waals surface area contributed by atoms with E-state index >= 15 is 0 Å². The monoisotopic (exact) mass is 363 g/mol. The van der Waals surface area contributed by atoms with Gasteiger partial charge in [0.05, 0.1) is 11.3 Å². The number of benzene rings is 2. The highest BCUT2D eigenvalue weighted by Crippen LogP contribution is 2.34. The zero-order valence-electron chi connectivity index (χ0n) is 14.0. The Kier molecular flexibility index (Phi) is 4.58. The third-order valence-corrected chi connectivity index (χ3v) is 3.76. The Morgan fingerprint density at radius 3 is 2.65 bits per heavy atom. The maximum atomic E-state index is 13.0. The minimum Gasteiger partial charge on any atom is -0.441 e.